The molecule has 5 rings (SSSR count). The van der Waals surface area contributed by atoms with Gasteiger partial charge in [-0.1, -0.05) is 0 Å². The molecule has 4 heterocycles. The summed E-state index contributed by atoms with van der Waals surface area (Å²) in [7, 11) is 1.33. The Bertz CT molecular complexity index is 1020. The van der Waals surface area contributed by atoms with Gasteiger partial charge in [0.25, 0.3) is 5.91 Å². The number of nitrogens with one attached hydrogen (secondary N) is 2. The molecule has 0 saturated carbocycles. The van der Waals surface area contributed by atoms with E-state index in [1.54, 1.807) is 6.92 Å². The fraction of sp³-hybridized carbons (Fsp3) is 0.450. The number of fused-ring (bicyclic) bond motifs is 2. The van der Waals surface area contributed by atoms with Crippen LogP contribution in [0.25, 0.3) is 0 Å². The van der Waals surface area contributed by atoms with Crippen molar-refractivity contribution in [3.63, 3.8) is 0 Å². The number of nitrogens with zero attached hydrogens (tertiary/aromatic N) is 3. The number of benzene rings is 1. The molecule has 3 aliphatic heterocycles. The van der Waals surface area contributed by atoms with Gasteiger partial charge in [-0.25, -0.2) is 9.37 Å². The van der Waals surface area contributed by atoms with Crippen LogP contribution in [0.15, 0.2) is 18.3 Å². The summed E-state index contributed by atoms with van der Waals surface area (Å²) in [5, 5.41) is 5.20. The lowest BCUT2D eigenvalue weighted by atomic mass is 9.98. The van der Waals surface area contributed by atoms with Gasteiger partial charge in [-0.05, 0) is 13.0 Å². The zero-order valence-electron chi connectivity index (χ0n) is 17.3. The van der Waals surface area contributed by atoms with Gasteiger partial charge in [-0.15, -0.1) is 0 Å². The molecule has 0 spiro atoms. The first kappa shape index (κ1) is 22.1. The maximum atomic E-state index is 14.8. The smallest absolute Gasteiger partial charge is 0.421 e. The number of carbonyl (C=O) groups excluding carboxylic acids is 1. The standard InChI is InChI=1S/C20H21F4N5O3/c1-3-25-17-13(20(22,23)24)7-26-19(28-17)27-15-6-14(21)12(5-16(15)31-2)18(30)29-8-10-4-11(9-29)32-10/h5-7,10-11H,3-4,8-9H2,1-2H3,(H2,25,26,27,28)/t10-,11?/m1/s1. The summed E-state index contributed by atoms with van der Waals surface area (Å²) < 4.78 is 65.0. The van der Waals surface area contributed by atoms with Crippen LogP contribution in [0, 0.1) is 5.82 Å². The van der Waals surface area contributed by atoms with E-state index in [2.05, 4.69) is 20.6 Å². The molecule has 2 atom stereocenters. The van der Waals surface area contributed by atoms with Gasteiger partial charge >= 0.3 is 6.18 Å². The number of ether oxygens (including phenoxy) is 2. The second-order valence-corrected chi connectivity index (χ2v) is 7.47. The number of alkyl halides is 3. The van der Waals surface area contributed by atoms with Gasteiger partial charge in [0.1, 0.15) is 22.9 Å². The highest BCUT2D eigenvalue weighted by Crippen LogP contribution is 2.36. The average molecular weight is 455 g/mol. The number of rotatable bonds is 6. The van der Waals surface area contributed by atoms with Crippen LogP contribution in [0.2, 0.25) is 0 Å². The first-order valence-electron chi connectivity index (χ1n) is 9.97. The topological polar surface area (TPSA) is 88.6 Å². The van der Waals surface area contributed by atoms with E-state index in [1.807, 2.05) is 0 Å². The maximum Gasteiger partial charge on any atom is 0.421 e. The number of piperidine rings is 1. The molecule has 32 heavy (non-hydrogen) atoms. The van der Waals surface area contributed by atoms with Crippen molar-refractivity contribution in [1.29, 1.82) is 0 Å². The van der Waals surface area contributed by atoms with Crippen LogP contribution in [0.1, 0.15) is 29.3 Å². The van der Waals surface area contributed by atoms with Gasteiger partial charge in [0.05, 0.1) is 30.6 Å². The number of carbonyl (C=O) groups is 1. The molecule has 0 radical (unpaired) electrons. The molecule has 2 bridgehead atoms. The zero-order valence-corrected chi connectivity index (χ0v) is 17.3. The number of aromatic nitrogens is 2. The molecule has 2 aromatic rings. The zero-order chi connectivity index (χ0) is 23.0. The summed E-state index contributed by atoms with van der Waals surface area (Å²) in [4.78, 5) is 21.9. The molecule has 3 fully saturated rings. The lowest BCUT2D eigenvalue weighted by Crippen LogP contribution is -2.58. The Morgan fingerprint density at radius 2 is 2.00 bits per heavy atom. The van der Waals surface area contributed by atoms with Crippen molar-refractivity contribution in [2.75, 3.05) is 37.4 Å². The molecule has 172 valence electrons. The molecular formula is C20H21F4N5O3. The van der Waals surface area contributed by atoms with E-state index in [-0.39, 0.29) is 41.7 Å². The van der Waals surface area contributed by atoms with Crippen LogP contribution < -0.4 is 15.4 Å². The summed E-state index contributed by atoms with van der Waals surface area (Å²) in [6, 6.07) is 2.28. The summed E-state index contributed by atoms with van der Waals surface area (Å²) in [6.07, 6.45) is -3.15. The molecule has 3 saturated heterocycles. The molecule has 8 nitrogen and oxygen atoms in total. The Labute approximate surface area is 180 Å². The van der Waals surface area contributed by atoms with Crippen molar-refractivity contribution < 1.29 is 31.8 Å². The van der Waals surface area contributed by atoms with E-state index in [0.717, 1.165) is 12.5 Å². The number of hydrogen-bond donors (Lipinski definition) is 2. The average Bonchev–Trinajstić information content (AvgIpc) is 2.72. The minimum atomic E-state index is -4.64. The number of halogens is 4. The van der Waals surface area contributed by atoms with E-state index in [4.69, 9.17) is 9.47 Å². The minimum absolute atomic E-state index is 0.0219. The second-order valence-electron chi connectivity index (χ2n) is 7.47. The molecule has 3 aliphatic rings. The lowest BCUT2D eigenvalue weighted by Gasteiger charge is -2.47. The third-order valence-electron chi connectivity index (χ3n) is 5.25. The van der Waals surface area contributed by atoms with E-state index in [0.29, 0.717) is 19.3 Å². The fourth-order valence-corrected chi connectivity index (χ4v) is 3.75. The van der Waals surface area contributed by atoms with Crippen molar-refractivity contribution >= 4 is 23.4 Å². The third-order valence-corrected chi connectivity index (χ3v) is 5.25. The molecule has 1 amide bonds. The quantitative estimate of drug-likeness (QED) is 0.646. The van der Waals surface area contributed by atoms with E-state index in [9.17, 15) is 22.4 Å². The lowest BCUT2D eigenvalue weighted by molar-refractivity contribution is -0.171. The van der Waals surface area contributed by atoms with E-state index >= 15 is 0 Å². The Balaban J connectivity index is 1.60. The number of methoxy groups -OCH3 is 1. The molecular weight excluding hydrogens is 434 g/mol. The Morgan fingerprint density at radius 1 is 1.31 bits per heavy atom. The van der Waals surface area contributed by atoms with E-state index < -0.39 is 29.3 Å². The van der Waals surface area contributed by atoms with Crippen LogP contribution in [0.3, 0.4) is 0 Å². The third kappa shape index (κ3) is 4.27. The Morgan fingerprint density at radius 3 is 2.59 bits per heavy atom. The van der Waals surface area contributed by atoms with Gasteiger partial charge in [0.2, 0.25) is 5.95 Å². The van der Waals surface area contributed by atoms with Crippen molar-refractivity contribution in [3.8, 4) is 5.75 Å². The van der Waals surface area contributed by atoms with Crippen molar-refractivity contribution in [1.82, 2.24) is 14.9 Å². The van der Waals surface area contributed by atoms with Crippen LogP contribution >= 0.6 is 0 Å². The van der Waals surface area contributed by atoms with Crippen LogP contribution in [0.5, 0.6) is 5.75 Å². The minimum Gasteiger partial charge on any atom is -0.495 e. The number of anilines is 3. The Hall–Kier alpha value is -3.15. The van der Waals surface area contributed by atoms with Crippen molar-refractivity contribution in [2.24, 2.45) is 0 Å². The molecule has 2 N–H and O–H groups in total. The van der Waals surface area contributed by atoms with Crippen LogP contribution in [-0.2, 0) is 10.9 Å². The van der Waals surface area contributed by atoms with Gasteiger partial charge in [-0.3, -0.25) is 4.79 Å². The van der Waals surface area contributed by atoms with Gasteiger partial charge in [0, 0.05) is 38.3 Å². The number of hydrogen-bond acceptors (Lipinski definition) is 7. The van der Waals surface area contributed by atoms with E-state index in [1.165, 1.54) is 18.1 Å². The highest BCUT2D eigenvalue weighted by atomic mass is 19.4. The normalized spacial score (nSPS) is 19.9. The summed E-state index contributed by atoms with van der Waals surface area (Å²) in [5.74, 6) is -1.78. The van der Waals surface area contributed by atoms with Crippen molar-refractivity contribution in [3.05, 3.63) is 35.3 Å². The summed E-state index contributed by atoms with van der Waals surface area (Å²) >= 11 is 0. The highest BCUT2D eigenvalue weighted by Gasteiger charge is 2.41. The fourth-order valence-electron chi connectivity index (χ4n) is 3.75. The molecule has 1 aromatic carbocycles. The predicted octanol–water partition coefficient (Wildman–Crippen LogP) is 3.43. The monoisotopic (exact) mass is 455 g/mol. The van der Waals surface area contributed by atoms with Gasteiger partial charge in [-0.2, -0.15) is 18.2 Å². The summed E-state index contributed by atoms with van der Waals surface area (Å²) in [6.45, 7) is 2.62. The first-order valence-corrected chi connectivity index (χ1v) is 9.97. The van der Waals surface area contributed by atoms with Gasteiger partial charge < -0.3 is 25.0 Å². The number of morpholine rings is 1. The SMILES string of the molecule is CCNc1nc(Nc2cc(F)c(C(=O)N3CC4C[C@H](C3)O4)cc2OC)ncc1C(F)(F)F. The first-order chi connectivity index (χ1) is 15.2. The van der Waals surface area contributed by atoms with Crippen LogP contribution in [0.4, 0.5) is 35.0 Å². The summed E-state index contributed by atoms with van der Waals surface area (Å²) in [5.41, 5.74) is -1.13. The molecule has 1 aromatic heterocycles. The molecule has 0 aliphatic carbocycles. The molecule has 1 unspecified atom stereocenters. The largest absolute Gasteiger partial charge is 0.495 e. The van der Waals surface area contributed by atoms with Gasteiger partial charge in [0.15, 0.2) is 0 Å². The predicted molar refractivity (Wildman–Crippen MR) is 107 cm³/mol. The highest BCUT2D eigenvalue weighted by molar-refractivity contribution is 5.96. The number of amides is 1. The second kappa shape index (κ2) is 8.41. The van der Waals surface area contributed by atoms with Crippen molar-refractivity contribution in [2.45, 2.75) is 31.7 Å². The van der Waals surface area contributed by atoms with Crippen LogP contribution in [-0.4, -0.2) is 59.7 Å². The Kier molecular flexibility index (Phi) is 5.80. The molecule has 12 heteroatoms. The maximum absolute atomic E-state index is 14.8.